The van der Waals surface area contributed by atoms with Crippen LogP contribution in [0.3, 0.4) is 0 Å². The van der Waals surface area contributed by atoms with Crippen LogP contribution >= 0.6 is 0 Å². The highest BCUT2D eigenvalue weighted by Crippen LogP contribution is 2.31. The number of rotatable bonds is 2. The first-order valence-electron chi connectivity index (χ1n) is 6.93. The maximum atomic E-state index is 4.43. The van der Waals surface area contributed by atoms with Gasteiger partial charge in [0.2, 0.25) is 0 Å². The van der Waals surface area contributed by atoms with Gasteiger partial charge in [-0.15, -0.1) is 0 Å². The predicted molar refractivity (Wildman–Crippen MR) is 67.8 cm³/mol. The Morgan fingerprint density at radius 1 is 1.12 bits per heavy atom. The normalized spacial score (nSPS) is 27.4. The third-order valence-electron chi connectivity index (χ3n) is 4.32. The van der Waals surface area contributed by atoms with E-state index in [4.69, 9.17) is 0 Å². The first-order valence-corrected chi connectivity index (χ1v) is 6.93. The first-order chi connectivity index (χ1) is 8.43. The Morgan fingerprint density at radius 2 is 2.00 bits per heavy atom. The lowest BCUT2D eigenvalue weighted by atomic mass is 9.93. The van der Waals surface area contributed by atoms with Crippen molar-refractivity contribution in [1.29, 1.82) is 0 Å². The second kappa shape index (κ2) is 5.13. The molecule has 1 aliphatic carbocycles. The highest BCUT2D eigenvalue weighted by atomic mass is 15.2. The molecule has 0 aromatic carbocycles. The molecule has 0 bridgehead atoms. The van der Waals surface area contributed by atoms with Crippen LogP contribution in [0.4, 0.5) is 0 Å². The lowest BCUT2D eigenvalue weighted by Crippen LogP contribution is -2.40. The SMILES string of the molecule is c1cc([C@H]2CCCN(C3CCCC3)C2)ncn1. The maximum absolute atomic E-state index is 4.43. The Bertz CT molecular complexity index is 346. The number of hydrogen-bond acceptors (Lipinski definition) is 3. The zero-order valence-electron chi connectivity index (χ0n) is 10.4. The van der Waals surface area contributed by atoms with Gasteiger partial charge in [0, 0.05) is 30.4 Å². The Labute approximate surface area is 103 Å². The van der Waals surface area contributed by atoms with Crippen LogP contribution in [0.25, 0.3) is 0 Å². The van der Waals surface area contributed by atoms with E-state index < -0.39 is 0 Å². The number of likely N-dealkylation sites (tertiary alicyclic amines) is 1. The molecule has 3 heteroatoms. The van der Waals surface area contributed by atoms with Crippen molar-refractivity contribution in [2.24, 2.45) is 0 Å². The molecule has 1 aromatic rings. The van der Waals surface area contributed by atoms with Gasteiger partial charge >= 0.3 is 0 Å². The van der Waals surface area contributed by atoms with Crippen molar-refractivity contribution < 1.29 is 0 Å². The smallest absolute Gasteiger partial charge is 0.115 e. The average molecular weight is 231 g/mol. The Morgan fingerprint density at radius 3 is 2.76 bits per heavy atom. The summed E-state index contributed by atoms with van der Waals surface area (Å²) in [5.41, 5.74) is 1.24. The van der Waals surface area contributed by atoms with Crippen molar-refractivity contribution in [3.8, 4) is 0 Å². The van der Waals surface area contributed by atoms with Crippen LogP contribution in [-0.2, 0) is 0 Å². The molecular weight excluding hydrogens is 210 g/mol. The van der Waals surface area contributed by atoms with E-state index in [0.29, 0.717) is 5.92 Å². The summed E-state index contributed by atoms with van der Waals surface area (Å²) in [6, 6.07) is 2.95. The molecule has 0 spiro atoms. The number of aromatic nitrogens is 2. The molecule has 2 heterocycles. The number of piperidine rings is 1. The van der Waals surface area contributed by atoms with E-state index in [-0.39, 0.29) is 0 Å². The van der Waals surface area contributed by atoms with Crippen LogP contribution in [-0.4, -0.2) is 34.0 Å². The van der Waals surface area contributed by atoms with Crippen LogP contribution in [0.5, 0.6) is 0 Å². The molecule has 0 unspecified atom stereocenters. The Kier molecular flexibility index (Phi) is 3.36. The first kappa shape index (κ1) is 11.1. The molecule has 0 N–H and O–H groups in total. The summed E-state index contributed by atoms with van der Waals surface area (Å²) in [5.74, 6) is 0.632. The Balaban J connectivity index is 1.67. The van der Waals surface area contributed by atoms with Crippen molar-refractivity contribution in [2.75, 3.05) is 13.1 Å². The van der Waals surface area contributed by atoms with Crippen LogP contribution in [0.15, 0.2) is 18.6 Å². The quantitative estimate of drug-likeness (QED) is 0.783. The van der Waals surface area contributed by atoms with Crippen LogP contribution in [0.2, 0.25) is 0 Å². The van der Waals surface area contributed by atoms with Crippen molar-refractivity contribution in [3.63, 3.8) is 0 Å². The number of hydrogen-bond donors (Lipinski definition) is 0. The molecule has 2 aliphatic rings. The summed E-state index contributed by atoms with van der Waals surface area (Å²) in [7, 11) is 0. The summed E-state index contributed by atoms with van der Waals surface area (Å²) < 4.78 is 0. The van der Waals surface area contributed by atoms with Gasteiger partial charge in [0.25, 0.3) is 0 Å². The molecule has 2 fully saturated rings. The summed E-state index contributed by atoms with van der Waals surface area (Å²) in [6.45, 7) is 2.51. The van der Waals surface area contributed by atoms with E-state index in [2.05, 4.69) is 20.9 Å². The van der Waals surface area contributed by atoms with Gasteiger partial charge in [0.1, 0.15) is 6.33 Å². The second-order valence-corrected chi connectivity index (χ2v) is 5.41. The van der Waals surface area contributed by atoms with Gasteiger partial charge in [-0.2, -0.15) is 0 Å². The van der Waals surface area contributed by atoms with Gasteiger partial charge < -0.3 is 0 Å². The van der Waals surface area contributed by atoms with E-state index in [1.54, 1.807) is 6.33 Å². The van der Waals surface area contributed by atoms with Crippen molar-refractivity contribution in [1.82, 2.24) is 14.9 Å². The summed E-state index contributed by atoms with van der Waals surface area (Å²) in [6.07, 6.45) is 11.9. The third-order valence-corrected chi connectivity index (χ3v) is 4.32. The molecule has 1 aromatic heterocycles. The molecule has 1 aliphatic heterocycles. The van der Waals surface area contributed by atoms with Gasteiger partial charge in [0.15, 0.2) is 0 Å². The largest absolute Gasteiger partial charge is 0.300 e. The van der Waals surface area contributed by atoms with E-state index in [1.165, 1.54) is 57.3 Å². The highest BCUT2D eigenvalue weighted by Gasteiger charge is 2.28. The van der Waals surface area contributed by atoms with Gasteiger partial charge in [-0.3, -0.25) is 4.90 Å². The van der Waals surface area contributed by atoms with Crippen LogP contribution in [0.1, 0.15) is 50.1 Å². The van der Waals surface area contributed by atoms with E-state index in [1.807, 2.05) is 6.20 Å². The summed E-state index contributed by atoms with van der Waals surface area (Å²) >= 11 is 0. The minimum atomic E-state index is 0.632. The fourth-order valence-corrected chi connectivity index (χ4v) is 3.39. The molecule has 3 nitrogen and oxygen atoms in total. The third kappa shape index (κ3) is 2.49. The van der Waals surface area contributed by atoms with Crippen molar-refractivity contribution in [2.45, 2.75) is 50.5 Å². The average Bonchev–Trinajstić information content (AvgIpc) is 2.94. The lowest BCUT2D eigenvalue weighted by molar-refractivity contribution is 0.149. The zero-order valence-corrected chi connectivity index (χ0v) is 10.4. The van der Waals surface area contributed by atoms with Gasteiger partial charge in [-0.1, -0.05) is 12.8 Å². The van der Waals surface area contributed by atoms with E-state index >= 15 is 0 Å². The summed E-state index contributed by atoms with van der Waals surface area (Å²) in [4.78, 5) is 11.1. The van der Waals surface area contributed by atoms with E-state index in [0.717, 1.165) is 6.04 Å². The predicted octanol–water partition coefficient (Wildman–Crippen LogP) is 2.60. The fraction of sp³-hybridized carbons (Fsp3) is 0.714. The molecule has 3 rings (SSSR count). The lowest BCUT2D eigenvalue weighted by Gasteiger charge is -2.36. The van der Waals surface area contributed by atoms with Gasteiger partial charge in [-0.05, 0) is 38.3 Å². The monoisotopic (exact) mass is 231 g/mol. The van der Waals surface area contributed by atoms with Crippen LogP contribution in [0, 0.1) is 0 Å². The molecule has 0 radical (unpaired) electrons. The Hall–Kier alpha value is -0.960. The number of nitrogens with zero attached hydrogens (tertiary/aromatic N) is 3. The fourth-order valence-electron chi connectivity index (χ4n) is 3.39. The molecule has 0 amide bonds. The minimum absolute atomic E-state index is 0.632. The standard InChI is InChI=1S/C14H21N3/c1-2-6-13(5-1)17-9-3-4-12(10-17)14-7-8-15-11-16-14/h7-8,11-13H,1-6,9-10H2/t12-/m0/s1. The molecule has 92 valence electrons. The minimum Gasteiger partial charge on any atom is -0.300 e. The molecular formula is C14H21N3. The van der Waals surface area contributed by atoms with Crippen LogP contribution < -0.4 is 0 Å². The van der Waals surface area contributed by atoms with Crippen molar-refractivity contribution >= 4 is 0 Å². The molecule has 17 heavy (non-hydrogen) atoms. The molecule has 1 saturated heterocycles. The van der Waals surface area contributed by atoms with Gasteiger partial charge in [-0.25, -0.2) is 9.97 Å². The summed E-state index contributed by atoms with van der Waals surface area (Å²) in [5, 5.41) is 0. The maximum Gasteiger partial charge on any atom is 0.115 e. The zero-order chi connectivity index (χ0) is 11.5. The van der Waals surface area contributed by atoms with Crippen molar-refractivity contribution in [3.05, 3.63) is 24.3 Å². The van der Waals surface area contributed by atoms with Gasteiger partial charge in [0.05, 0.1) is 0 Å². The van der Waals surface area contributed by atoms with E-state index in [9.17, 15) is 0 Å². The molecule has 1 atom stereocenters. The molecule has 1 saturated carbocycles. The second-order valence-electron chi connectivity index (χ2n) is 5.41. The topological polar surface area (TPSA) is 29.0 Å². The highest BCUT2D eigenvalue weighted by molar-refractivity contribution is 5.08.